The Morgan fingerprint density at radius 3 is 2.67 bits per heavy atom. The van der Waals surface area contributed by atoms with E-state index in [2.05, 4.69) is 4.72 Å². The van der Waals surface area contributed by atoms with Gasteiger partial charge in [-0.2, -0.15) is 0 Å². The fourth-order valence-corrected chi connectivity index (χ4v) is 4.54. The van der Waals surface area contributed by atoms with Crippen molar-refractivity contribution in [2.45, 2.75) is 43.6 Å². The summed E-state index contributed by atoms with van der Waals surface area (Å²) in [6, 6.07) is 1.54. The normalized spacial score (nSPS) is 18.1. The van der Waals surface area contributed by atoms with Crippen LogP contribution in [0.1, 0.15) is 37.0 Å². The van der Waals surface area contributed by atoms with E-state index in [0.717, 1.165) is 12.8 Å². The third kappa shape index (κ3) is 3.54. The smallest absolute Gasteiger partial charge is 0.241 e. The first-order chi connectivity index (χ1) is 8.62. The number of hydrogen-bond donors (Lipinski definition) is 2. The summed E-state index contributed by atoms with van der Waals surface area (Å²) >= 11 is 1.27. The van der Waals surface area contributed by atoms with E-state index in [9.17, 15) is 8.42 Å². The predicted molar refractivity (Wildman–Crippen MR) is 72.0 cm³/mol. The zero-order chi connectivity index (χ0) is 13.0. The number of rotatable bonds is 5. The van der Waals surface area contributed by atoms with Crippen LogP contribution in [0.25, 0.3) is 0 Å². The first kappa shape index (κ1) is 14.0. The van der Waals surface area contributed by atoms with Crippen LogP contribution in [-0.4, -0.2) is 20.1 Å². The van der Waals surface area contributed by atoms with E-state index in [0.29, 0.717) is 17.3 Å². The van der Waals surface area contributed by atoms with Crippen LogP contribution in [0.4, 0.5) is 0 Å². The molecule has 0 unspecified atom stereocenters. The van der Waals surface area contributed by atoms with Crippen molar-refractivity contribution in [3.63, 3.8) is 0 Å². The summed E-state index contributed by atoms with van der Waals surface area (Å²) in [5, 5.41) is 10.5. The van der Waals surface area contributed by atoms with Crippen LogP contribution in [0.15, 0.2) is 16.3 Å². The van der Waals surface area contributed by atoms with Crippen LogP contribution in [0, 0.1) is 5.92 Å². The Hall–Kier alpha value is -0.430. The molecule has 18 heavy (non-hydrogen) atoms. The summed E-state index contributed by atoms with van der Waals surface area (Å²) in [5.41, 5.74) is 0. The van der Waals surface area contributed by atoms with Crippen LogP contribution in [0.2, 0.25) is 0 Å². The number of thiophene rings is 1. The van der Waals surface area contributed by atoms with E-state index in [-0.39, 0.29) is 11.5 Å². The minimum atomic E-state index is -3.40. The maximum Gasteiger partial charge on any atom is 0.241 e. The van der Waals surface area contributed by atoms with Crippen molar-refractivity contribution < 1.29 is 13.5 Å². The molecule has 0 aliphatic heterocycles. The molecule has 0 spiro atoms. The highest BCUT2D eigenvalue weighted by molar-refractivity contribution is 7.89. The molecule has 102 valence electrons. The van der Waals surface area contributed by atoms with Gasteiger partial charge in [0.2, 0.25) is 10.0 Å². The number of sulfonamides is 1. The van der Waals surface area contributed by atoms with Gasteiger partial charge in [-0.25, -0.2) is 13.1 Å². The van der Waals surface area contributed by atoms with Crippen molar-refractivity contribution >= 4 is 21.4 Å². The molecule has 0 radical (unpaired) electrons. The molecule has 1 aliphatic rings. The highest BCUT2D eigenvalue weighted by atomic mass is 32.2. The van der Waals surface area contributed by atoms with Gasteiger partial charge in [-0.1, -0.05) is 19.3 Å². The Balaban J connectivity index is 1.94. The van der Waals surface area contributed by atoms with E-state index >= 15 is 0 Å². The molecule has 0 bridgehead atoms. The van der Waals surface area contributed by atoms with Crippen LogP contribution < -0.4 is 4.72 Å². The Bertz CT molecular complexity index is 475. The number of aliphatic hydroxyl groups is 1. The van der Waals surface area contributed by atoms with Crippen molar-refractivity contribution in [1.82, 2.24) is 4.72 Å². The van der Waals surface area contributed by atoms with E-state index in [1.807, 2.05) is 0 Å². The van der Waals surface area contributed by atoms with Gasteiger partial charge in [0, 0.05) is 16.8 Å². The number of hydrogen-bond acceptors (Lipinski definition) is 4. The van der Waals surface area contributed by atoms with Gasteiger partial charge in [0.05, 0.1) is 11.5 Å². The highest BCUT2D eigenvalue weighted by Crippen LogP contribution is 2.24. The summed E-state index contributed by atoms with van der Waals surface area (Å²) in [6.07, 6.45) is 5.93. The number of aliphatic hydroxyl groups excluding tert-OH is 1. The zero-order valence-electron chi connectivity index (χ0n) is 10.3. The van der Waals surface area contributed by atoms with Gasteiger partial charge < -0.3 is 5.11 Å². The monoisotopic (exact) mass is 289 g/mol. The topological polar surface area (TPSA) is 66.4 Å². The van der Waals surface area contributed by atoms with Crippen LogP contribution in [-0.2, 0) is 16.6 Å². The molecule has 1 aliphatic carbocycles. The quantitative estimate of drug-likeness (QED) is 0.872. The molecule has 1 aromatic rings. The molecule has 1 heterocycles. The van der Waals surface area contributed by atoms with Gasteiger partial charge in [0.15, 0.2) is 0 Å². The van der Waals surface area contributed by atoms with E-state index < -0.39 is 10.0 Å². The van der Waals surface area contributed by atoms with E-state index in [1.54, 1.807) is 5.38 Å². The average molecular weight is 289 g/mol. The minimum absolute atomic E-state index is 0.108. The second-order valence-corrected chi connectivity index (χ2v) is 7.53. The lowest BCUT2D eigenvalue weighted by molar-refractivity contribution is 0.285. The molecule has 0 saturated heterocycles. The third-order valence-corrected chi connectivity index (χ3v) is 5.86. The molecule has 0 atom stereocenters. The Labute approximate surface area is 112 Å². The van der Waals surface area contributed by atoms with Crippen molar-refractivity contribution in [3.05, 3.63) is 16.3 Å². The molecule has 0 aromatic carbocycles. The summed E-state index contributed by atoms with van der Waals surface area (Å²) in [7, 11) is -3.40. The molecule has 6 heteroatoms. The fourth-order valence-electron chi connectivity index (χ4n) is 2.29. The van der Waals surface area contributed by atoms with Gasteiger partial charge in [0.25, 0.3) is 0 Å². The van der Waals surface area contributed by atoms with Gasteiger partial charge in [-0.3, -0.25) is 0 Å². The van der Waals surface area contributed by atoms with Crippen LogP contribution >= 0.6 is 11.3 Å². The van der Waals surface area contributed by atoms with Crippen LogP contribution in [0.3, 0.4) is 0 Å². The molecule has 1 saturated carbocycles. The standard InChI is InChI=1S/C12H19NO3S2/c14-8-11-6-12(9-17-11)18(15,16)13-7-10-4-2-1-3-5-10/h6,9-10,13-14H,1-5,7-8H2. The van der Waals surface area contributed by atoms with Crippen molar-refractivity contribution in [1.29, 1.82) is 0 Å². The van der Waals surface area contributed by atoms with Crippen molar-refractivity contribution in [3.8, 4) is 0 Å². The third-order valence-electron chi connectivity index (χ3n) is 3.38. The average Bonchev–Trinajstić information content (AvgIpc) is 2.87. The minimum Gasteiger partial charge on any atom is -0.391 e. The van der Waals surface area contributed by atoms with Gasteiger partial charge in [-0.05, 0) is 24.8 Å². The lowest BCUT2D eigenvalue weighted by Crippen LogP contribution is -2.30. The fraction of sp³-hybridized carbons (Fsp3) is 0.667. The van der Waals surface area contributed by atoms with E-state index in [4.69, 9.17) is 5.11 Å². The molecule has 1 fully saturated rings. The highest BCUT2D eigenvalue weighted by Gasteiger charge is 2.19. The first-order valence-corrected chi connectivity index (χ1v) is 8.66. The molecule has 0 amide bonds. The van der Waals surface area contributed by atoms with Gasteiger partial charge >= 0.3 is 0 Å². The first-order valence-electron chi connectivity index (χ1n) is 6.30. The van der Waals surface area contributed by atoms with Gasteiger partial charge in [-0.15, -0.1) is 11.3 Å². The predicted octanol–water partition coefficient (Wildman–Crippen LogP) is 2.10. The molecule has 4 nitrogen and oxygen atoms in total. The molecule has 1 aromatic heterocycles. The van der Waals surface area contributed by atoms with E-state index in [1.165, 1.54) is 36.7 Å². The summed E-state index contributed by atoms with van der Waals surface area (Å²) in [5.74, 6) is 0.476. The summed E-state index contributed by atoms with van der Waals surface area (Å²) in [4.78, 5) is 0.945. The second-order valence-electron chi connectivity index (χ2n) is 4.76. The largest absolute Gasteiger partial charge is 0.391 e. The molecule has 2 rings (SSSR count). The number of nitrogens with one attached hydrogen (secondary N) is 1. The Morgan fingerprint density at radius 2 is 2.06 bits per heavy atom. The lowest BCUT2D eigenvalue weighted by atomic mass is 9.90. The Morgan fingerprint density at radius 1 is 1.33 bits per heavy atom. The SMILES string of the molecule is O=S(=O)(NCC1CCCCC1)c1csc(CO)c1. The Kier molecular flexibility index (Phi) is 4.77. The zero-order valence-corrected chi connectivity index (χ0v) is 11.9. The maximum absolute atomic E-state index is 12.0. The van der Waals surface area contributed by atoms with Gasteiger partial charge in [0.1, 0.15) is 0 Å². The lowest BCUT2D eigenvalue weighted by Gasteiger charge is -2.21. The summed E-state index contributed by atoms with van der Waals surface area (Å²) < 4.78 is 26.7. The maximum atomic E-state index is 12.0. The van der Waals surface area contributed by atoms with Crippen molar-refractivity contribution in [2.24, 2.45) is 5.92 Å². The second kappa shape index (κ2) is 6.14. The summed E-state index contributed by atoms with van der Waals surface area (Å²) in [6.45, 7) is 0.426. The van der Waals surface area contributed by atoms with Crippen LogP contribution in [0.5, 0.6) is 0 Å². The molecule has 2 N–H and O–H groups in total. The molecular weight excluding hydrogens is 270 g/mol. The molecular formula is C12H19NO3S2. The van der Waals surface area contributed by atoms with Crippen molar-refractivity contribution in [2.75, 3.05) is 6.54 Å².